The van der Waals surface area contributed by atoms with Crippen molar-refractivity contribution in [2.24, 2.45) is 11.7 Å². The van der Waals surface area contributed by atoms with E-state index in [1.165, 1.54) is 12.8 Å². The Kier molecular flexibility index (Phi) is 3.60. The van der Waals surface area contributed by atoms with E-state index in [1.807, 2.05) is 10.6 Å². The van der Waals surface area contributed by atoms with Gasteiger partial charge in [0.05, 0.1) is 11.4 Å². The first-order valence-corrected chi connectivity index (χ1v) is 7.19. The van der Waals surface area contributed by atoms with Crippen LogP contribution in [0.4, 0.5) is 5.69 Å². The summed E-state index contributed by atoms with van der Waals surface area (Å²) >= 11 is 0. The van der Waals surface area contributed by atoms with Crippen molar-refractivity contribution in [3.8, 4) is 5.69 Å². The molecule has 0 saturated carbocycles. The van der Waals surface area contributed by atoms with Crippen molar-refractivity contribution in [1.29, 1.82) is 0 Å². The van der Waals surface area contributed by atoms with Crippen LogP contribution in [0.5, 0.6) is 0 Å². The molecule has 0 bridgehead atoms. The third-order valence-electron chi connectivity index (χ3n) is 3.95. The summed E-state index contributed by atoms with van der Waals surface area (Å²) in [6.07, 6.45) is 5.71. The quantitative estimate of drug-likeness (QED) is 0.929. The van der Waals surface area contributed by atoms with Crippen molar-refractivity contribution < 1.29 is 4.79 Å². The van der Waals surface area contributed by atoms with Crippen LogP contribution in [0, 0.1) is 5.92 Å². The number of piperidine rings is 1. The van der Waals surface area contributed by atoms with E-state index in [0.29, 0.717) is 11.5 Å². The number of hydrogen-bond donors (Lipinski definition) is 1. The molecule has 1 aliphatic heterocycles. The summed E-state index contributed by atoms with van der Waals surface area (Å²) in [5, 5.41) is 7.71. The van der Waals surface area contributed by atoms with Crippen LogP contribution in [0.1, 0.15) is 30.1 Å². The maximum atomic E-state index is 11.4. The standard InChI is InChI=1S/C15H19N5O/c1-11-3-2-6-19(8-11)13-5-4-12(15(16)21)7-14(13)20-9-17-18-10-20/h4-5,7,9-11H,2-3,6,8H2,1H3,(H2,16,21)/t11-/m1/s1. The first-order valence-electron chi connectivity index (χ1n) is 7.19. The summed E-state index contributed by atoms with van der Waals surface area (Å²) in [5.41, 5.74) is 7.87. The van der Waals surface area contributed by atoms with Crippen molar-refractivity contribution >= 4 is 11.6 Å². The second kappa shape index (κ2) is 5.55. The summed E-state index contributed by atoms with van der Waals surface area (Å²) in [5.74, 6) is 0.242. The highest BCUT2D eigenvalue weighted by molar-refractivity contribution is 5.94. The van der Waals surface area contributed by atoms with E-state index in [2.05, 4.69) is 22.0 Å². The topological polar surface area (TPSA) is 77.0 Å². The molecule has 1 atom stereocenters. The minimum Gasteiger partial charge on any atom is -0.370 e. The molecule has 2 heterocycles. The fraction of sp³-hybridized carbons (Fsp3) is 0.400. The van der Waals surface area contributed by atoms with Gasteiger partial charge in [-0.1, -0.05) is 6.92 Å². The lowest BCUT2D eigenvalue weighted by atomic mass is 9.99. The van der Waals surface area contributed by atoms with Gasteiger partial charge in [0.25, 0.3) is 0 Å². The second-order valence-electron chi connectivity index (χ2n) is 5.63. The number of rotatable bonds is 3. The Hall–Kier alpha value is -2.37. The summed E-state index contributed by atoms with van der Waals surface area (Å²) in [7, 11) is 0. The van der Waals surface area contributed by atoms with Crippen molar-refractivity contribution in [3.63, 3.8) is 0 Å². The Morgan fingerprint density at radius 2 is 2.05 bits per heavy atom. The lowest BCUT2D eigenvalue weighted by Crippen LogP contribution is -2.35. The van der Waals surface area contributed by atoms with E-state index in [9.17, 15) is 4.79 Å². The zero-order valence-electron chi connectivity index (χ0n) is 12.1. The predicted octanol–water partition coefficient (Wildman–Crippen LogP) is 1.60. The molecule has 6 heteroatoms. The largest absolute Gasteiger partial charge is 0.370 e. The number of hydrogen-bond acceptors (Lipinski definition) is 4. The molecule has 0 spiro atoms. The molecule has 0 aliphatic carbocycles. The number of carbonyl (C=O) groups is 1. The second-order valence-corrected chi connectivity index (χ2v) is 5.63. The zero-order valence-corrected chi connectivity index (χ0v) is 12.1. The minimum absolute atomic E-state index is 0.428. The van der Waals surface area contributed by atoms with E-state index in [-0.39, 0.29) is 0 Å². The van der Waals surface area contributed by atoms with Gasteiger partial charge in [0.15, 0.2) is 0 Å². The first kappa shape index (κ1) is 13.6. The molecule has 1 amide bonds. The molecular weight excluding hydrogens is 266 g/mol. The minimum atomic E-state index is -0.428. The molecule has 1 aliphatic rings. The molecule has 0 radical (unpaired) electrons. The molecule has 21 heavy (non-hydrogen) atoms. The first-order chi connectivity index (χ1) is 10.1. The average Bonchev–Trinajstić information content (AvgIpc) is 3.00. The van der Waals surface area contributed by atoms with Gasteiger partial charge in [-0.15, -0.1) is 10.2 Å². The number of nitrogens with two attached hydrogens (primary N) is 1. The van der Waals surface area contributed by atoms with E-state index < -0.39 is 5.91 Å². The number of aromatic nitrogens is 3. The Bertz CT molecular complexity index is 638. The molecule has 6 nitrogen and oxygen atoms in total. The molecule has 110 valence electrons. The van der Waals surface area contributed by atoms with Gasteiger partial charge in [0.1, 0.15) is 12.7 Å². The van der Waals surface area contributed by atoms with Gasteiger partial charge >= 0.3 is 0 Å². The maximum absolute atomic E-state index is 11.4. The SMILES string of the molecule is C[C@@H]1CCCN(c2ccc(C(N)=O)cc2-n2cnnc2)C1. The summed E-state index contributed by atoms with van der Waals surface area (Å²) < 4.78 is 1.82. The van der Waals surface area contributed by atoms with Crippen molar-refractivity contribution in [2.45, 2.75) is 19.8 Å². The monoisotopic (exact) mass is 285 g/mol. The Balaban J connectivity index is 2.04. The van der Waals surface area contributed by atoms with Crippen molar-refractivity contribution in [3.05, 3.63) is 36.4 Å². The smallest absolute Gasteiger partial charge is 0.248 e. The fourth-order valence-electron chi connectivity index (χ4n) is 2.88. The number of benzene rings is 1. The van der Waals surface area contributed by atoms with Crippen LogP contribution in [0.2, 0.25) is 0 Å². The van der Waals surface area contributed by atoms with E-state index >= 15 is 0 Å². The van der Waals surface area contributed by atoms with Gasteiger partial charge < -0.3 is 10.6 Å². The number of carbonyl (C=O) groups excluding carboxylic acids is 1. The average molecular weight is 285 g/mol. The molecule has 1 aromatic heterocycles. The molecule has 2 aromatic rings. The van der Waals surface area contributed by atoms with Crippen LogP contribution in [-0.4, -0.2) is 33.8 Å². The molecular formula is C15H19N5O. The van der Waals surface area contributed by atoms with Gasteiger partial charge in [-0.25, -0.2) is 0 Å². The number of anilines is 1. The van der Waals surface area contributed by atoms with Gasteiger partial charge in [-0.2, -0.15) is 0 Å². The third kappa shape index (κ3) is 2.74. The van der Waals surface area contributed by atoms with E-state index in [1.54, 1.807) is 24.8 Å². The van der Waals surface area contributed by atoms with Crippen LogP contribution in [-0.2, 0) is 0 Å². The summed E-state index contributed by atoms with van der Waals surface area (Å²) in [4.78, 5) is 13.8. The van der Waals surface area contributed by atoms with Gasteiger partial charge in [0.2, 0.25) is 5.91 Å². The van der Waals surface area contributed by atoms with Crippen LogP contribution in [0.25, 0.3) is 5.69 Å². The summed E-state index contributed by atoms with van der Waals surface area (Å²) in [6.45, 7) is 4.31. The van der Waals surface area contributed by atoms with Crippen molar-refractivity contribution in [2.75, 3.05) is 18.0 Å². The Morgan fingerprint density at radius 3 is 2.71 bits per heavy atom. The van der Waals surface area contributed by atoms with Gasteiger partial charge in [-0.05, 0) is 37.0 Å². The van der Waals surface area contributed by atoms with Crippen LogP contribution < -0.4 is 10.6 Å². The highest BCUT2D eigenvalue weighted by Crippen LogP contribution is 2.29. The van der Waals surface area contributed by atoms with Crippen LogP contribution in [0.15, 0.2) is 30.9 Å². The number of amides is 1. The lowest BCUT2D eigenvalue weighted by Gasteiger charge is -2.34. The molecule has 3 rings (SSSR count). The molecule has 1 saturated heterocycles. The molecule has 2 N–H and O–H groups in total. The van der Waals surface area contributed by atoms with E-state index in [4.69, 9.17) is 5.73 Å². The van der Waals surface area contributed by atoms with Crippen molar-refractivity contribution in [1.82, 2.24) is 14.8 Å². The fourth-order valence-corrected chi connectivity index (χ4v) is 2.88. The normalized spacial score (nSPS) is 18.7. The van der Waals surface area contributed by atoms with Gasteiger partial charge in [0, 0.05) is 18.7 Å². The highest BCUT2D eigenvalue weighted by atomic mass is 16.1. The molecule has 1 fully saturated rings. The van der Waals surface area contributed by atoms with E-state index in [0.717, 1.165) is 24.5 Å². The third-order valence-corrected chi connectivity index (χ3v) is 3.95. The molecule has 0 unspecified atom stereocenters. The number of primary amides is 1. The summed E-state index contributed by atoms with van der Waals surface area (Å²) in [6, 6.07) is 5.55. The highest BCUT2D eigenvalue weighted by Gasteiger charge is 2.20. The number of nitrogens with zero attached hydrogens (tertiary/aromatic N) is 4. The Morgan fingerprint density at radius 1 is 1.29 bits per heavy atom. The molecule has 1 aromatic carbocycles. The lowest BCUT2D eigenvalue weighted by molar-refractivity contribution is 0.100. The van der Waals surface area contributed by atoms with Gasteiger partial charge in [-0.3, -0.25) is 9.36 Å². The zero-order chi connectivity index (χ0) is 14.8. The Labute approximate surface area is 123 Å². The predicted molar refractivity (Wildman–Crippen MR) is 80.5 cm³/mol. The van der Waals surface area contributed by atoms with Crippen LogP contribution in [0.3, 0.4) is 0 Å². The van der Waals surface area contributed by atoms with Crippen LogP contribution >= 0.6 is 0 Å². The maximum Gasteiger partial charge on any atom is 0.248 e.